The van der Waals surface area contributed by atoms with E-state index in [-0.39, 0.29) is 31.6 Å². The Balaban J connectivity index is 1.53. The fourth-order valence-electron chi connectivity index (χ4n) is 2.67. The van der Waals surface area contributed by atoms with Gasteiger partial charge in [-0.3, -0.25) is 9.59 Å². The summed E-state index contributed by atoms with van der Waals surface area (Å²) in [7, 11) is 0. The van der Waals surface area contributed by atoms with Gasteiger partial charge in [0.25, 0.3) is 0 Å². The highest BCUT2D eigenvalue weighted by atomic mass is 19.1. The van der Waals surface area contributed by atoms with Crippen molar-refractivity contribution in [2.75, 3.05) is 18.2 Å². The largest absolute Gasteiger partial charge is 0.454 e. The van der Waals surface area contributed by atoms with Gasteiger partial charge in [-0.1, -0.05) is 12.1 Å². The number of rotatable bonds is 6. The van der Waals surface area contributed by atoms with Crippen LogP contribution in [0.3, 0.4) is 0 Å². The maximum atomic E-state index is 13.4. The molecule has 1 aliphatic heterocycles. The normalized spacial score (nSPS) is 11.9. The lowest BCUT2D eigenvalue weighted by Gasteiger charge is -2.21. The van der Waals surface area contributed by atoms with Crippen molar-refractivity contribution in [1.82, 2.24) is 5.32 Å². The van der Waals surface area contributed by atoms with Gasteiger partial charge >= 0.3 is 0 Å². The van der Waals surface area contributed by atoms with Gasteiger partial charge in [-0.25, -0.2) is 4.39 Å². The average Bonchev–Trinajstić information content (AvgIpc) is 3.07. The third-order valence-corrected chi connectivity index (χ3v) is 3.99. The van der Waals surface area contributed by atoms with Crippen molar-refractivity contribution in [2.45, 2.75) is 19.9 Å². The van der Waals surface area contributed by atoms with E-state index in [0.29, 0.717) is 23.7 Å². The van der Waals surface area contributed by atoms with Gasteiger partial charge in [-0.05, 0) is 35.9 Å². The molecule has 1 heterocycles. The number of fused-ring (bicyclic) bond motifs is 1. The fraction of sp³-hybridized carbons (Fsp3) is 0.263. The molecule has 1 N–H and O–H groups in total. The van der Waals surface area contributed by atoms with E-state index in [1.54, 1.807) is 12.1 Å². The lowest BCUT2D eigenvalue weighted by Crippen LogP contribution is -2.33. The number of benzene rings is 2. The number of ether oxygens (including phenoxy) is 2. The average molecular weight is 358 g/mol. The van der Waals surface area contributed by atoms with Crippen molar-refractivity contribution in [1.29, 1.82) is 0 Å². The van der Waals surface area contributed by atoms with Gasteiger partial charge in [-0.2, -0.15) is 0 Å². The van der Waals surface area contributed by atoms with E-state index in [0.717, 1.165) is 5.56 Å². The van der Waals surface area contributed by atoms with Crippen molar-refractivity contribution in [3.05, 3.63) is 53.8 Å². The van der Waals surface area contributed by atoms with Gasteiger partial charge in [0.15, 0.2) is 11.5 Å². The first kappa shape index (κ1) is 17.7. The van der Waals surface area contributed by atoms with Crippen LogP contribution in [0.4, 0.5) is 10.1 Å². The second kappa shape index (κ2) is 7.86. The Kier molecular flexibility index (Phi) is 5.36. The van der Waals surface area contributed by atoms with Crippen molar-refractivity contribution in [2.24, 2.45) is 0 Å². The molecular weight excluding hydrogens is 339 g/mol. The first-order valence-electron chi connectivity index (χ1n) is 8.22. The van der Waals surface area contributed by atoms with Gasteiger partial charge in [0.05, 0.1) is 0 Å². The highest BCUT2D eigenvalue weighted by Gasteiger charge is 2.15. The smallest absolute Gasteiger partial charge is 0.231 e. The highest BCUT2D eigenvalue weighted by molar-refractivity contribution is 5.92. The van der Waals surface area contributed by atoms with E-state index in [1.807, 2.05) is 12.1 Å². The van der Waals surface area contributed by atoms with E-state index < -0.39 is 5.82 Å². The molecule has 0 saturated heterocycles. The Morgan fingerprint density at radius 1 is 1.15 bits per heavy atom. The van der Waals surface area contributed by atoms with Crippen LogP contribution in [-0.2, 0) is 16.1 Å². The zero-order chi connectivity index (χ0) is 18.5. The molecule has 0 bridgehead atoms. The molecule has 0 atom stereocenters. The Morgan fingerprint density at radius 2 is 1.96 bits per heavy atom. The third kappa shape index (κ3) is 4.30. The molecule has 0 unspecified atom stereocenters. The maximum Gasteiger partial charge on any atom is 0.231 e. The molecule has 26 heavy (non-hydrogen) atoms. The van der Waals surface area contributed by atoms with E-state index in [1.165, 1.54) is 30.0 Å². The number of amides is 2. The maximum absolute atomic E-state index is 13.4. The number of nitrogens with zero attached hydrogens (tertiary/aromatic N) is 1. The molecule has 0 radical (unpaired) electrons. The lowest BCUT2D eigenvalue weighted by molar-refractivity contribution is -0.121. The van der Waals surface area contributed by atoms with Crippen LogP contribution < -0.4 is 19.7 Å². The highest BCUT2D eigenvalue weighted by Crippen LogP contribution is 2.32. The van der Waals surface area contributed by atoms with Gasteiger partial charge in [-0.15, -0.1) is 0 Å². The number of nitrogens with one attached hydrogen (secondary N) is 1. The molecule has 3 rings (SSSR count). The molecule has 7 heteroatoms. The van der Waals surface area contributed by atoms with Gasteiger partial charge in [0.2, 0.25) is 18.6 Å². The van der Waals surface area contributed by atoms with E-state index in [9.17, 15) is 14.0 Å². The minimum Gasteiger partial charge on any atom is -0.454 e. The summed E-state index contributed by atoms with van der Waals surface area (Å²) in [5.41, 5.74) is 1.32. The van der Waals surface area contributed by atoms with Crippen LogP contribution in [0.15, 0.2) is 42.5 Å². The van der Waals surface area contributed by atoms with Crippen LogP contribution in [0.1, 0.15) is 18.9 Å². The predicted octanol–water partition coefficient (Wildman–Crippen LogP) is 2.61. The summed E-state index contributed by atoms with van der Waals surface area (Å²) >= 11 is 0. The summed E-state index contributed by atoms with van der Waals surface area (Å²) in [4.78, 5) is 25.3. The molecule has 0 fully saturated rings. The Labute approximate surface area is 150 Å². The molecule has 1 aliphatic rings. The lowest BCUT2D eigenvalue weighted by atomic mass is 10.2. The Bertz CT molecular complexity index is 825. The molecule has 0 saturated carbocycles. The number of anilines is 1. The molecule has 136 valence electrons. The van der Waals surface area contributed by atoms with E-state index in [4.69, 9.17) is 9.47 Å². The number of halogens is 1. The van der Waals surface area contributed by atoms with Crippen LogP contribution in [0.2, 0.25) is 0 Å². The minimum atomic E-state index is -0.430. The van der Waals surface area contributed by atoms with Crippen LogP contribution in [0.25, 0.3) is 0 Å². The molecular formula is C19H19FN2O4. The summed E-state index contributed by atoms with van der Waals surface area (Å²) in [6.07, 6.45) is 0.112. The summed E-state index contributed by atoms with van der Waals surface area (Å²) < 4.78 is 23.9. The Hall–Kier alpha value is -3.09. The van der Waals surface area contributed by atoms with E-state index >= 15 is 0 Å². The fourth-order valence-corrected chi connectivity index (χ4v) is 2.67. The van der Waals surface area contributed by atoms with Gasteiger partial charge in [0.1, 0.15) is 5.82 Å². The van der Waals surface area contributed by atoms with E-state index in [2.05, 4.69) is 5.32 Å². The van der Waals surface area contributed by atoms with Gasteiger partial charge < -0.3 is 19.7 Å². The standard InChI is InChI=1S/C19H19FN2O4/c1-13(23)22(16-4-2-3-15(20)10-16)8-7-19(24)21-11-14-5-6-17-18(9-14)26-12-25-17/h2-6,9-10H,7-8,11-12H2,1H3,(H,21,24). The number of carbonyl (C=O) groups is 2. The van der Waals surface area contributed by atoms with Crippen molar-refractivity contribution in [3.63, 3.8) is 0 Å². The second-order valence-corrected chi connectivity index (χ2v) is 5.86. The Morgan fingerprint density at radius 3 is 2.73 bits per heavy atom. The molecule has 6 nitrogen and oxygen atoms in total. The van der Waals surface area contributed by atoms with Crippen LogP contribution in [-0.4, -0.2) is 25.2 Å². The van der Waals surface area contributed by atoms with Crippen LogP contribution >= 0.6 is 0 Å². The molecule has 0 aromatic heterocycles. The first-order chi connectivity index (χ1) is 12.5. The topological polar surface area (TPSA) is 67.9 Å². The van der Waals surface area contributed by atoms with Crippen molar-refractivity contribution < 1.29 is 23.5 Å². The molecule has 2 aromatic carbocycles. The molecule has 0 aliphatic carbocycles. The predicted molar refractivity (Wildman–Crippen MR) is 93.5 cm³/mol. The summed E-state index contributed by atoms with van der Waals surface area (Å²) in [5.74, 6) is 0.461. The summed E-state index contributed by atoms with van der Waals surface area (Å²) in [6, 6.07) is 11.2. The quantitative estimate of drug-likeness (QED) is 0.862. The third-order valence-electron chi connectivity index (χ3n) is 3.99. The number of hydrogen-bond acceptors (Lipinski definition) is 4. The number of hydrogen-bond donors (Lipinski definition) is 1. The number of carbonyl (C=O) groups excluding carboxylic acids is 2. The van der Waals surface area contributed by atoms with Crippen LogP contribution in [0, 0.1) is 5.82 Å². The SMILES string of the molecule is CC(=O)N(CCC(=O)NCc1ccc2c(c1)OCO2)c1cccc(F)c1. The van der Waals surface area contributed by atoms with Crippen molar-refractivity contribution >= 4 is 17.5 Å². The van der Waals surface area contributed by atoms with Gasteiger partial charge in [0, 0.05) is 32.1 Å². The molecule has 2 aromatic rings. The molecule has 2 amide bonds. The second-order valence-electron chi connectivity index (χ2n) is 5.86. The molecule has 0 spiro atoms. The summed E-state index contributed by atoms with van der Waals surface area (Å²) in [6.45, 7) is 2.10. The first-order valence-corrected chi connectivity index (χ1v) is 8.22. The zero-order valence-corrected chi connectivity index (χ0v) is 14.3. The van der Waals surface area contributed by atoms with Crippen molar-refractivity contribution in [3.8, 4) is 11.5 Å². The summed E-state index contributed by atoms with van der Waals surface area (Å²) in [5, 5.41) is 2.80. The zero-order valence-electron chi connectivity index (χ0n) is 14.3. The minimum absolute atomic E-state index is 0.112. The monoisotopic (exact) mass is 358 g/mol. The van der Waals surface area contributed by atoms with Crippen LogP contribution in [0.5, 0.6) is 11.5 Å².